The van der Waals surface area contributed by atoms with Crippen LogP contribution in [-0.2, 0) is 19.5 Å². The summed E-state index contributed by atoms with van der Waals surface area (Å²) < 4.78 is 1.70. The van der Waals surface area contributed by atoms with Crippen molar-refractivity contribution in [3.63, 3.8) is 0 Å². The third-order valence-electron chi connectivity index (χ3n) is 5.64. The largest absolute Gasteiger partial charge is 0.287 e. The Labute approximate surface area is 185 Å². The predicted octanol–water partition coefficient (Wildman–Crippen LogP) is 2.86. The predicted molar refractivity (Wildman–Crippen MR) is 122 cm³/mol. The number of rotatable bonds is 6. The summed E-state index contributed by atoms with van der Waals surface area (Å²) in [7, 11) is 1.90. The quantitative estimate of drug-likeness (QED) is 0.487. The van der Waals surface area contributed by atoms with E-state index < -0.39 is 0 Å². The van der Waals surface area contributed by atoms with Crippen LogP contribution in [0.4, 0.5) is 5.95 Å². The molecule has 1 aliphatic rings. The minimum Gasteiger partial charge on any atom is -0.287 e. The van der Waals surface area contributed by atoms with Crippen LogP contribution in [0.5, 0.6) is 0 Å². The highest BCUT2D eigenvalue weighted by Crippen LogP contribution is 2.30. The van der Waals surface area contributed by atoms with Gasteiger partial charge >= 0.3 is 0 Å². The van der Waals surface area contributed by atoms with Crippen LogP contribution in [0, 0.1) is 0 Å². The molecule has 0 saturated heterocycles. The Kier molecular flexibility index (Phi) is 5.24. The molecule has 0 bridgehead atoms. The number of anilines is 1. The molecule has 3 heterocycles. The van der Waals surface area contributed by atoms with E-state index in [9.17, 15) is 4.79 Å². The van der Waals surface area contributed by atoms with Crippen LogP contribution in [0.25, 0.3) is 22.5 Å². The highest BCUT2D eigenvalue weighted by atomic mass is 16.1. The molecule has 0 atom stereocenters. The number of H-pyrrole nitrogens is 1. The number of aromatic amines is 1. The van der Waals surface area contributed by atoms with Gasteiger partial charge in [0.1, 0.15) is 0 Å². The first-order valence-electron chi connectivity index (χ1n) is 10.7. The smallest absolute Gasteiger partial charge is 0.259 e. The number of benzene rings is 2. The van der Waals surface area contributed by atoms with Gasteiger partial charge in [0.25, 0.3) is 5.56 Å². The molecule has 2 aromatic heterocycles. The number of nitrogens with zero attached hydrogens (tertiary/aromatic N) is 6. The summed E-state index contributed by atoms with van der Waals surface area (Å²) in [4.78, 5) is 17.9. The van der Waals surface area contributed by atoms with Crippen molar-refractivity contribution in [3.8, 4) is 22.5 Å². The van der Waals surface area contributed by atoms with Crippen LogP contribution in [0.1, 0.15) is 30.2 Å². The lowest BCUT2D eigenvalue weighted by Crippen LogP contribution is -2.27. The van der Waals surface area contributed by atoms with Crippen LogP contribution in [0.3, 0.4) is 0 Å². The van der Waals surface area contributed by atoms with E-state index in [-0.39, 0.29) is 5.56 Å². The molecule has 9 nitrogen and oxygen atoms in total. The van der Waals surface area contributed by atoms with Crippen molar-refractivity contribution in [3.05, 3.63) is 75.7 Å². The van der Waals surface area contributed by atoms with E-state index in [0.29, 0.717) is 24.9 Å². The van der Waals surface area contributed by atoms with Gasteiger partial charge in [0.2, 0.25) is 11.8 Å². The van der Waals surface area contributed by atoms with Gasteiger partial charge in [-0.05, 0) is 28.3 Å². The van der Waals surface area contributed by atoms with Gasteiger partial charge in [0.05, 0.1) is 12.4 Å². The van der Waals surface area contributed by atoms with Crippen LogP contribution in [-0.4, -0.2) is 42.2 Å². The summed E-state index contributed by atoms with van der Waals surface area (Å²) in [6.45, 7) is 2.60. The Bertz CT molecular complexity index is 1290. The van der Waals surface area contributed by atoms with Crippen molar-refractivity contribution in [2.45, 2.75) is 32.9 Å². The lowest BCUT2D eigenvalue weighted by Gasteiger charge is -2.12. The molecular formula is C23H24N8O. The molecule has 0 fully saturated rings. The maximum Gasteiger partial charge on any atom is 0.259 e. The molecule has 0 unspecified atom stereocenters. The lowest BCUT2D eigenvalue weighted by atomic mass is 9.96. The first-order valence-corrected chi connectivity index (χ1v) is 10.7. The van der Waals surface area contributed by atoms with Crippen molar-refractivity contribution >= 4 is 5.95 Å². The van der Waals surface area contributed by atoms with Crippen molar-refractivity contribution in [1.82, 2.24) is 35.2 Å². The molecule has 0 saturated carbocycles. The molecule has 9 heteroatoms. The van der Waals surface area contributed by atoms with Crippen LogP contribution in [0.15, 0.2) is 53.3 Å². The minimum atomic E-state index is 0.0295. The van der Waals surface area contributed by atoms with Crippen molar-refractivity contribution in [1.29, 1.82) is 0 Å². The third kappa shape index (κ3) is 3.67. The number of aromatic nitrogens is 6. The van der Waals surface area contributed by atoms with Gasteiger partial charge in [-0.25, -0.2) is 9.99 Å². The Hall–Kier alpha value is -3.85. The van der Waals surface area contributed by atoms with E-state index >= 15 is 0 Å². The molecule has 5 rings (SSSR count). The molecular weight excluding hydrogens is 404 g/mol. The summed E-state index contributed by atoms with van der Waals surface area (Å²) in [5, 5.41) is 16.3. The second-order valence-corrected chi connectivity index (χ2v) is 7.95. The zero-order chi connectivity index (χ0) is 22.1. The molecule has 4 aromatic rings. The summed E-state index contributed by atoms with van der Waals surface area (Å²) in [6, 6.07) is 16.3. The number of hydrogen-bond donors (Lipinski definition) is 2. The highest BCUT2D eigenvalue weighted by Gasteiger charge is 2.22. The van der Waals surface area contributed by atoms with Crippen LogP contribution in [0.2, 0.25) is 0 Å². The third-order valence-corrected chi connectivity index (χ3v) is 5.64. The molecule has 0 spiro atoms. The first kappa shape index (κ1) is 20.1. The summed E-state index contributed by atoms with van der Waals surface area (Å²) in [6.07, 6.45) is 2.27. The Morgan fingerprint density at radius 3 is 2.56 bits per heavy atom. The fraction of sp³-hybridized carbons (Fsp3) is 0.261. The van der Waals surface area contributed by atoms with Crippen LogP contribution >= 0.6 is 0 Å². The van der Waals surface area contributed by atoms with Gasteiger partial charge in [-0.3, -0.25) is 14.8 Å². The van der Waals surface area contributed by atoms with Gasteiger partial charge in [-0.1, -0.05) is 61.9 Å². The van der Waals surface area contributed by atoms with E-state index in [1.165, 1.54) is 0 Å². The van der Waals surface area contributed by atoms with E-state index in [1.807, 2.05) is 36.3 Å². The first-order chi connectivity index (χ1) is 15.6. The number of fused-ring (bicyclic) bond motifs is 1. The molecule has 0 aliphatic carbocycles. The number of hydrogen-bond acceptors (Lipinski definition) is 7. The Morgan fingerprint density at radius 1 is 1.06 bits per heavy atom. The van der Waals surface area contributed by atoms with Crippen molar-refractivity contribution < 1.29 is 0 Å². The zero-order valence-corrected chi connectivity index (χ0v) is 18.0. The fourth-order valence-electron chi connectivity index (χ4n) is 4.11. The monoisotopic (exact) mass is 428 g/mol. The standard InChI is InChI=1S/C23H24N8O/c1-3-6-20-19(22(32)31-14-30(2)27-23(31)24-20)13-15-9-11-16(12-10-15)17-7-4-5-8-18(17)21-25-28-29-26-21/h4-5,7-12H,3,6,13-14H2,1-2H3,(H,24,27)(H,25,26,28,29). The van der Waals surface area contributed by atoms with Gasteiger partial charge < -0.3 is 0 Å². The van der Waals surface area contributed by atoms with Gasteiger partial charge in [0, 0.05) is 24.6 Å². The van der Waals surface area contributed by atoms with E-state index in [2.05, 4.69) is 57.2 Å². The maximum absolute atomic E-state index is 13.2. The zero-order valence-electron chi connectivity index (χ0n) is 18.0. The van der Waals surface area contributed by atoms with Crippen molar-refractivity contribution in [2.75, 3.05) is 12.5 Å². The molecule has 1 aliphatic heterocycles. The summed E-state index contributed by atoms with van der Waals surface area (Å²) in [5.74, 6) is 1.18. The minimum absolute atomic E-state index is 0.0295. The number of tetrazole rings is 1. The SMILES string of the molecule is CCCc1nc2n(c(=O)c1Cc1ccc(-c3ccccc3-c3nn[nH]n3)cc1)CN(C)N2. The highest BCUT2D eigenvalue weighted by molar-refractivity contribution is 5.80. The second-order valence-electron chi connectivity index (χ2n) is 7.95. The topological polar surface area (TPSA) is 105 Å². The second kappa shape index (κ2) is 8.35. The van der Waals surface area contributed by atoms with Gasteiger partial charge in [0.15, 0.2) is 0 Å². The van der Waals surface area contributed by atoms with Crippen molar-refractivity contribution in [2.24, 2.45) is 0 Å². The average Bonchev–Trinajstić information content (AvgIpc) is 3.47. The fourth-order valence-corrected chi connectivity index (χ4v) is 4.11. The lowest BCUT2D eigenvalue weighted by molar-refractivity contribution is 0.365. The Balaban J connectivity index is 1.47. The van der Waals surface area contributed by atoms with Gasteiger partial charge in [-0.15, -0.1) is 10.2 Å². The molecule has 0 amide bonds. The van der Waals surface area contributed by atoms with E-state index in [4.69, 9.17) is 4.98 Å². The maximum atomic E-state index is 13.2. The van der Waals surface area contributed by atoms with E-state index in [1.54, 1.807) is 4.57 Å². The normalized spacial score (nSPS) is 13.2. The molecule has 0 radical (unpaired) electrons. The molecule has 162 valence electrons. The number of hydrazine groups is 1. The molecule has 2 aromatic carbocycles. The molecule has 2 N–H and O–H groups in total. The number of aryl methyl sites for hydroxylation is 1. The summed E-state index contributed by atoms with van der Waals surface area (Å²) >= 11 is 0. The molecule has 32 heavy (non-hydrogen) atoms. The van der Waals surface area contributed by atoms with Gasteiger partial charge in [-0.2, -0.15) is 5.21 Å². The number of nitrogens with one attached hydrogen (secondary N) is 2. The van der Waals surface area contributed by atoms with Crippen LogP contribution < -0.4 is 11.0 Å². The Morgan fingerprint density at radius 2 is 1.84 bits per heavy atom. The average molecular weight is 429 g/mol. The van der Waals surface area contributed by atoms with E-state index in [0.717, 1.165) is 46.4 Å². The summed E-state index contributed by atoms with van der Waals surface area (Å²) in [5.41, 5.74) is 8.88.